The molecule has 3 aromatic rings. The van der Waals surface area contributed by atoms with Gasteiger partial charge in [0, 0.05) is 18.4 Å². The Balaban J connectivity index is 1.73. The second-order valence-corrected chi connectivity index (χ2v) is 16.5. The summed E-state index contributed by atoms with van der Waals surface area (Å²) in [6.07, 6.45) is 2.13. The lowest BCUT2D eigenvalue weighted by Crippen LogP contribution is -2.67. The average molecular weight is 519 g/mol. The maximum atomic E-state index is 13.4. The first-order chi connectivity index (χ1) is 17.1. The van der Waals surface area contributed by atoms with Gasteiger partial charge >= 0.3 is 0 Å². The van der Waals surface area contributed by atoms with E-state index in [1.165, 1.54) is 6.08 Å². The van der Waals surface area contributed by atoms with Crippen LogP contribution in [0.4, 0.5) is 0 Å². The van der Waals surface area contributed by atoms with E-state index in [0.717, 1.165) is 10.4 Å². The van der Waals surface area contributed by atoms with Gasteiger partial charge in [-0.3, -0.25) is 0 Å². The maximum absolute atomic E-state index is 13.4. The minimum atomic E-state index is -3.77. The molecule has 0 aliphatic heterocycles. The van der Waals surface area contributed by atoms with Crippen LogP contribution in [-0.2, 0) is 14.3 Å². The standard InChI is InChI=1S/C30H34O4SSi/c1-5-26-27(28(31)21-29(26)35(32,33)23-15-9-6-10-16-23)22-34-36(30(2,3)4,24-17-11-7-12-18-24)25-19-13-8-14-20-25/h5-21,26-28,31H,1,22H2,2-4H3/t26-,27-,28+/m1/s1. The lowest BCUT2D eigenvalue weighted by Gasteiger charge is -2.44. The largest absolute Gasteiger partial charge is 0.407 e. The molecule has 0 saturated heterocycles. The number of hydrogen-bond acceptors (Lipinski definition) is 4. The summed E-state index contributed by atoms with van der Waals surface area (Å²) in [5, 5.41) is 13.1. The van der Waals surface area contributed by atoms with Gasteiger partial charge in [-0.15, -0.1) is 6.58 Å². The Morgan fingerprint density at radius 3 is 1.81 bits per heavy atom. The van der Waals surface area contributed by atoms with Crippen LogP contribution in [0, 0.1) is 11.8 Å². The van der Waals surface area contributed by atoms with Gasteiger partial charge < -0.3 is 9.53 Å². The summed E-state index contributed by atoms with van der Waals surface area (Å²) in [5.74, 6) is -1.01. The van der Waals surface area contributed by atoms with Crippen molar-refractivity contribution in [1.29, 1.82) is 0 Å². The molecule has 4 rings (SSSR count). The molecule has 188 valence electrons. The van der Waals surface area contributed by atoms with Crippen molar-refractivity contribution < 1.29 is 18.0 Å². The Bertz CT molecular complexity index is 1270. The third-order valence-electron chi connectivity index (χ3n) is 7.09. The Labute approximate surface area is 216 Å². The minimum absolute atomic E-state index is 0.187. The van der Waals surface area contributed by atoms with Crippen molar-refractivity contribution in [2.24, 2.45) is 11.8 Å². The van der Waals surface area contributed by atoms with E-state index in [-0.39, 0.29) is 21.4 Å². The first kappa shape index (κ1) is 26.3. The Morgan fingerprint density at radius 1 is 0.889 bits per heavy atom. The summed E-state index contributed by atoms with van der Waals surface area (Å²) in [6.45, 7) is 10.7. The molecule has 0 amide bonds. The molecular formula is C30H34O4SSi. The van der Waals surface area contributed by atoms with Crippen molar-refractivity contribution in [1.82, 2.24) is 0 Å². The van der Waals surface area contributed by atoms with Gasteiger partial charge in [0.05, 0.1) is 15.9 Å². The topological polar surface area (TPSA) is 63.6 Å². The first-order valence-electron chi connectivity index (χ1n) is 12.2. The van der Waals surface area contributed by atoms with Gasteiger partial charge in [0.25, 0.3) is 8.32 Å². The zero-order valence-electron chi connectivity index (χ0n) is 21.0. The van der Waals surface area contributed by atoms with Crippen molar-refractivity contribution >= 4 is 28.5 Å². The smallest absolute Gasteiger partial charge is 0.261 e. The number of rotatable bonds is 8. The van der Waals surface area contributed by atoms with E-state index in [4.69, 9.17) is 4.43 Å². The summed E-state index contributed by atoms with van der Waals surface area (Å²) in [6, 6.07) is 28.9. The van der Waals surface area contributed by atoms with Gasteiger partial charge in [-0.25, -0.2) is 8.42 Å². The molecule has 3 atom stereocenters. The van der Waals surface area contributed by atoms with Gasteiger partial charge in [-0.1, -0.05) is 106 Å². The Hall–Kier alpha value is -2.77. The summed E-state index contributed by atoms with van der Waals surface area (Å²) < 4.78 is 33.9. The van der Waals surface area contributed by atoms with Crippen LogP contribution in [0.2, 0.25) is 5.04 Å². The molecule has 0 bridgehead atoms. The molecule has 0 radical (unpaired) electrons. The molecule has 1 aliphatic carbocycles. The normalized spacial score (nSPS) is 20.7. The van der Waals surface area contributed by atoms with E-state index in [1.54, 1.807) is 36.4 Å². The molecule has 6 heteroatoms. The van der Waals surface area contributed by atoms with Crippen molar-refractivity contribution in [3.05, 3.63) is 115 Å². The van der Waals surface area contributed by atoms with E-state index in [9.17, 15) is 13.5 Å². The fourth-order valence-electron chi connectivity index (χ4n) is 5.31. The molecule has 1 N–H and O–H groups in total. The van der Waals surface area contributed by atoms with Crippen LogP contribution in [-0.4, -0.2) is 34.6 Å². The van der Waals surface area contributed by atoms with Gasteiger partial charge in [0.2, 0.25) is 9.84 Å². The van der Waals surface area contributed by atoms with Crippen molar-refractivity contribution in [2.75, 3.05) is 6.61 Å². The molecule has 3 aromatic carbocycles. The number of benzene rings is 3. The monoisotopic (exact) mass is 518 g/mol. The highest BCUT2D eigenvalue weighted by molar-refractivity contribution is 7.95. The lowest BCUT2D eigenvalue weighted by molar-refractivity contribution is 0.103. The van der Waals surface area contributed by atoms with E-state index in [2.05, 4.69) is 51.6 Å². The van der Waals surface area contributed by atoms with Crippen molar-refractivity contribution in [2.45, 2.75) is 36.8 Å². The third kappa shape index (κ3) is 4.66. The van der Waals surface area contributed by atoms with Crippen LogP contribution >= 0.6 is 0 Å². The molecule has 0 aromatic heterocycles. The van der Waals surface area contributed by atoms with E-state index < -0.39 is 36.1 Å². The van der Waals surface area contributed by atoms with Crippen LogP contribution in [0.15, 0.2) is 120 Å². The third-order valence-corrected chi connectivity index (χ3v) is 14.0. The molecule has 0 saturated carbocycles. The van der Waals surface area contributed by atoms with Crippen molar-refractivity contribution in [3.8, 4) is 0 Å². The molecule has 0 unspecified atom stereocenters. The van der Waals surface area contributed by atoms with E-state index in [1.807, 2.05) is 36.4 Å². The number of aliphatic hydroxyl groups is 1. The van der Waals surface area contributed by atoms with E-state index in [0.29, 0.717) is 0 Å². The highest BCUT2D eigenvalue weighted by Gasteiger charge is 2.51. The van der Waals surface area contributed by atoms with Crippen LogP contribution < -0.4 is 10.4 Å². The predicted octanol–water partition coefficient (Wildman–Crippen LogP) is 4.71. The van der Waals surface area contributed by atoms with Crippen LogP contribution in [0.1, 0.15) is 20.8 Å². The highest BCUT2D eigenvalue weighted by Crippen LogP contribution is 2.42. The summed E-state index contributed by atoms with van der Waals surface area (Å²) >= 11 is 0. The van der Waals surface area contributed by atoms with E-state index >= 15 is 0 Å². The predicted molar refractivity (Wildman–Crippen MR) is 148 cm³/mol. The molecule has 0 heterocycles. The Kier molecular flexibility index (Phi) is 7.53. The fraction of sp³-hybridized carbons (Fsp3) is 0.267. The first-order valence-corrected chi connectivity index (χ1v) is 15.6. The number of hydrogen-bond donors (Lipinski definition) is 1. The van der Waals surface area contributed by atoms with Gasteiger partial charge in [0.1, 0.15) is 0 Å². The van der Waals surface area contributed by atoms with Crippen LogP contribution in [0.25, 0.3) is 0 Å². The quantitative estimate of drug-likeness (QED) is 0.346. The summed E-state index contributed by atoms with van der Waals surface area (Å²) in [4.78, 5) is 0.399. The molecule has 0 fully saturated rings. The molecule has 1 aliphatic rings. The average Bonchev–Trinajstić information content (AvgIpc) is 3.21. The van der Waals surface area contributed by atoms with Gasteiger partial charge in [-0.2, -0.15) is 0 Å². The van der Waals surface area contributed by atoms with Gasteiger partial charge in [-0.05, 0) is 33.6 Å². The second-order valence-electron chi connectivity index (χ2n) is 10.3. The summed E-state index contributed by atoms with van der Waals surface area (Å²) in [5.41, 5.74) is 0. The molecular weight excluding hydrogens is 484 g/mol. The van der Waals surface area contributed by atoms with Crippen LogP contribution in [0.5, 0.6) is 0 Å². The number of allylic oxidation sites excluding steroid dienone is 2. The SMILES string of the molecule is C=C[C@H]1C(S(=O)(=O)c2ccccc2)=C[C@H](O)[C@@H]1CO[Si](c1ccccc1)(c1ccccc1)C(C)(C)C. The fourth-order valence-corrected chi connectivity index (χ4v) is 11.6. The number of sulfone groups is 1. The molecule has 4 nitrogen and oxygen atoms in total. The highest BCUT2D eigenvalue weighted by atomic mass is 32.2. The molecule has 36 heavy (non-hydrogen) atoms. The summed E-state index contributed by atoms with van der Waals surface area (Å²) in [7, 11) is -6.61. The second kappa shape index (κ2) is 10.3. The lowest BCUT2D eigenvalue weighted by atomic mass is 9.95. The maximum Gasteiger partial charge on any atom is 0.261 e. The zero-order chi connectivity index (χ0) is 26.0. The van der Waals surface area contributed by atoms with Crippen LogP contribution in [0.3, 0.4) is 0 Å². The minimum Gasteiger partial charge on any atom is -0.407 e. The van der Waals surface area contributed by atoms with Gasteiger partial charge in [0.15, 0.2) is 0 Å². The van der Waals surface area contributed by atoms with Crippen molar-refractivity contribution in [3.63, 3.8) is 0 Å². The molecule has 0 spiro atoms. The zero-order valence-corrected chi connectivity index (χ0v) is 22.9. The Morgan fingerprint density at radius 2 is 1.36 bits per heavy atom. The number of aliphatic hydroxyl groups excluding tert-OH is 1.